The molecule has 5 heteroatoms. The van der Waals surface area contributed by atoms with Crippen molar-refractivity contribution in [2.45, 2.75) is 38.8 Å². The van der Waals surface area contributed by atoms with Crippen molar-refractivity contribution in [3.8, 4) is 0 Å². The summed E-state index contributed by atoms with van der Waals surface area (Å²) in [6.45, 7) is 5.40. The van der Waals surface area contributed by atoms with Crippen LogP contribution in [0.15, 0.2) is 18.2 Å². The Bertz CT molecular complexity index is 619. The first-order chi connectivity index (χ1) is 10.2. The quantitative estimate of drug-likeness (QED) is 0.789. The van der Waals surface area contributed by atoms with Gasteiger partial charge in [0.15, 0.2) is 5.82 Å². The van der Waals surface area contributed by atoms with E-state index in [0.29, 0.717) is 23.9 Å². The number of imidazole rings is 1. The fourth-order valence-corrected chi connectivity index (χ4v) is 3.37. The molecule has 1 aliphatic heterocycles. The fourth-order valence-electron chi connectivity index (χ4n) is 3.20. The highest BCUT2D eigenvalue weighted by Gasteiger charge is 2.21. The summed E-state index contributed by atoms with van der Waals surface area (Å²) >= 11 is 5.88. The normalized spacial score (nSPS) is 17.7. The topological polar surface area (TPSA) is 21.1 Å². The van der Waals surface area contributed by atoms with Gasteiger partial charge in [-0.15, -0.1) is 11.6 Å². The van der Waals surface area contributed by atoms with Gasteiger partial charge < -0.3 is 4.57 Å². The van der Waals surface area contributed by atoms with Gasteiger partial charge in [-0.05, 0) is 45.0 Å². The molecule has 2 heterocycles. The van der Waals surface area contributed by atoms with Gasteiger partial charge in [-0.1, -0.05) is 6.07 Å². The molecule has 0 aliphatic carbocycles. The number of alkyl halides is 1. The third-order valence-electron chi connectivity index (χ3n) is 4.34. The Hall–Kier alpha value is -1.13. The van der Waals surface area contributed by atoms with Crippen LogP contribution < -0.4 is 0 Å². The average molecular weight is 310 g/mol. The summed E-state index contributed by atoms with van der Waals surface area (Å²) < 4.78 is 16.1. The van der Waals surface area contributed by atoms with Crippen LogP contribution >= 0.6 is 11.6 Å². The molecule has 2 aromatic rings. The average Bonchev–Trinajstić information content (AvgIpc) is 3.10. The number of rotatable bonds is 5. The standard InChI is InChI=1S/C16H21ClFN3/c1-12(20-9-2-3-10-20)11-21-14-6-4-5-13(18)16(14)19-15(21)7-8-17/h4-6,12H,2-3,7-11H2,1H3. The maximum Gasteiger partial charge on any atom is 0.151 e. The van der Waals surface area contributed by atoms with E-state index in [4.69, 9.17) is 11.6 Å². The maximum atomic E-state index is 13.9. The van der Waals surface area contributed by atoms with Crippen molar-refractivity contribution in [1.29, 1.82) is 0 Å². The molecular weight excluding hydrogens is 289 g/mol. The second-order valence-electron chi connectivity index (χ2n) is 5.78. The summed E-state index contributed by atoms with van der Waals surface area (Å²) in [6, 6.07) is 5.59. The van der Waals surface area contributed by atoms with Crippen molar-refractivity contribution in [1.82, 2.24) is 14.5 Å². The monoisotopic (exact) mass is 309 g/mol. The summed E-state index contributed by atoms with van der Waals surface area (Å²) in [5.41, 5.74) is 1.34. The molecule has 0 amide bonds. The first-order valence-corrected chi connectivity index (χ1v) is 8.18. The third-order valence-corrected chi connectivity index (χ3v) is 4.53. The number of aryl methyl sites for hydroxylation is 1. The Morgan fingerprint density at radius 3 is 2.81 bits per heavy atom. The van der Waals surface area contributed by atoms with Crippen LogP contribution in [0.5, 0.6) is 0 Å². The first kappa shape index (κ1) is 14.8. The molecule has 0 bridgehead atoms. The van der Waals surface area contributed by atoms with E-state index in [1.54, 1.807) is 6.07 Å². The number of aromatic nitrogens is 2. The largest absolute Gasteiger partial charge is 0.326 e. The second-order valence-corrected chi connectivity index (χ2v) is 6.16. The number of halogens is 2. The van der Waals surface area contributed by atoms with Gasteiger partial charge in [-0.2, -0.15) is 0 Å². The van der Waals surface area contributed by atoms with Crippen molar-refractivity contribution in [2.75, 3.05) is 19.0 Å². The Labute approximate surface area is 129 Å². The number of hydrogen-bond donors (Lipinski definition) is 0. The zero-order valence-corrected chi connectivity index (χ0v) is 13.1. The van der Waals surface area contributed by atoms with Gasteiger partial charge in [-0.3, -0.25) is 4.90 Å². The van der Waals surface area contributed by atoms with Gasteiger partial charge in [0.2, 0.25) is 0 Å². The molecule has 1 fully saturated rings. The third kappa shape index (κ3) is 2.92. The number of likely N-dealkylation sites (tertiary alicyclic amines) is 1. The van der Waals surface area contributed by atoms with Crippen molar-refractivity contribution in [3.63, 3.8) is 0 Å². The van der Waals surface area contributed by atoms with Gasteiger partial charge in [0, 0.05) is 24.9 Å². The van der Waals surface area contributed by atoms with Gasteiger partial charge in [0.05, 0.1) is 5.52 Å². The Kier molecular flexibility index (Phi) is 4.45. The second kappa shape index (κ2) is 6.32. The summed E-state index contributed by atoms with van der Waals surface area (Å²) in [5, 5.41) is 0. The molecule has 0 N–H and O–H groups in total. The van der Waals surface area contributed by atoms with Crippen LogP contribution in [-0.4, -0.2) is 39.5 Å². The number of fused-ring (bicyclic) bond motifs is 1. The predicted molar refractivity (Wildman–Crippen MR) is 84.4 cm³/mol. The molecule has 114 valence electrons. The zero-order chi connectivity index (χ0) is 14.8. The number of hydrogen-bond acceptors (Lipinski definition) is 2. The van der Waals surface area contributed by atoms with E-state index in [1.165, 1.54) is 18.9 Å². The highest BCUT2D eigenvalue weighted by molar-refractivity contribution is 6.17. The Morgan fingerprint density at radius 2 is 2.10 bits per heavy atom. The first-order valence-electron chi connectivity index (χ1n) is 7.64. The van der Waals surface area contributed by atoms with E-state index >= 15 is 0 Å². The van der Waals surface area contributed by atoms with Crippen molar-refractivity contribution < 1.29 is 4.39 Å². The zero-order valence-electron chi connectivity index (χ0n) is 12.4. The molecule has 1 aliphatic rings. The SMILES string of the molecule is CC(Cn1c(CCCl)nc2c(F)cccc21)N1CCCC1. The van der Waals surface area contributed by atoms with Gasteiger partial charge in [-0.25, -0.2) is 9.37 Å². The highest BCUT2D eigenvalue weighted by Crippen LogP contribution is 2.22. The molecular formula is C16H21ClFN3. The Morgan fingerprint density at radius 1 is 1.33 bits per heavy atom. The van der Waals surface area contributed by atoms with E-state index in [-0.39, 0.29) is 5.82 Å². The molecule has 1 aromatic heterocycles. The summed E-state index contributed by atoms with van der Waals surface area (Å²) in [7, 11) is 0. The van der Waals surface area contributed by atoms with Crippen molar-refractivity contribution in [3.05, 3.63) is 29.8 Å². The molecule has 0 spiro atoms. The molecule has 1 atom stereocenters. The lowest BCUT2D eigenvalue weighted by molar-refractivity contribution is 0.236. The van der Waals surface area contributed by atoms with Crippen LogP contribution in [0.1, 0.15) is 25.6 Å². The molecule has 1 saturated heterocycles. The van der Waals surface area contributed by atoms with Crippen LogP contribution in [0.4, 0.5) is 4.39 Å². The van der Waals surface area contributed by atoms with E-state index in [2.05, 4.69) is 21.4 Å². The van der Waals surface area contributed by atoms with Gasteiger partial charge >= 0.3 is 0 Å². The molecule has 1 aromatic carbocycles. The van der Waals surface area contributed by atoms with Crippen LogP contribution in [-0.2, 0) is 13.0 Å². The Balaban J connectivity index is 1.94. The molecule has 3 rings (SSSR count). The molecule has 0 radical (unpaired) electrons. The minimum absolute atomic E-state index is 0.254. The van der Waals surface area contributed by atoms with Crippen LogP contribution in [0.2, 0.25) is 0 Å². The van der Waals surface area contributed by atoms with Crippen LogP contribution in [0.3, 0.4) is 0 Å². The molecule has 0 saturated carbocycles. The lowest BCUT2D eigenvalue weighted by Gasteiger charge is -2.25. The number of para-hydroxylation sites is 1. The minimum Gasteiger partial charge on any atom is -0.326 e. The number of benzene rings is 1. The molecule has 21 heavy (non-hydrogen) atoms. The highest BCUT2D eigenvalue weighted by atomic mass is 35.5. The minimum atomic E-state index is -0.254. The lowest BCUT2D eigenvalue weighted by Crippen LogP contribution is -2.34. The van der Waals surface area contributed by atoms with Gasteiger partial charge in [0.1, 0.15) is 11.3 Å². The summed E-state index contributed by atoms with van der Waals surface area (Å²) in [5.74, 6) is 1.13. The number of nitrogens with zero attached hydrogens (tertiary/aromatic N) is 3. The lowest BCUT2D eigenvalue weighted by atomic mass is 10.2. The van der Waals surface area contributed by atoms with Crippen molar-refractivity contribution >= 4 is 22.6 Å². The summed E-state index contributed by atoms with van der Waals surface area (Å²) in [6.07, 6.45) is 3.22. The van der Waals surface area contributed by atoms with E-state index in [9.17, 15) is 4.39 Å². The van der Waals surface area contributed by atoms with Crippen molar-refractivity contribution in [2.24, 2.45) is 0 Å². The predicted octanol–water partition coefficient (Wildman–Crippen LogP) is 3.44. The molecule has 1 unspecified atom stereocenters. The van der Waals surface area contributed by atoms with E-state index in [1.807, 2.05) is 6.07 Å². The smallest absolute Gasteiger partial charge is 0.151 e. The fraction of sp³-hybridized carbons (Fsp3) is 0.562. The van der Waals surface area contributed by atoms with Gasteiger partial charge in [0.25, 0.3) is 0 Å². The maximum absolute atomic E-state index is 13.9. The van der Waals surface area contributed by atoms with E-state index < -0.39 is 0 Å². The van der Waals surface area contributed by atoms with Crippen LogP contribution in [0, 0.1) is 5.82 Å². The van der Waals surface area contributed by atoms with E-state index in [0.717, 1.165) is 31.0 Å². The van der Waals surface area contributed by atoms with Crippen LogP contribution in [0.25, 0.3) is 11.0 Å². The summed E-state index contributed by atoms with van der Waals surface area (Å²) in [4.78, 5) is 6.96. The molecule has 3 nitrogen and oxygen atoms in total.